The van der Waals surface area contributed by atoms with Gasteiger partial charge in [0.15, 0.2) is 0 Å². The lowest BCUT2D eigenvalue weighted by Crippen LogP contribution is -2.60. The van der Waals surface area contributed by atoms with Crippen molar-refractivity contribution >= 4 is 23.2 Å². The SMILES string of the molecule is Cc1ccc(Cl)cc1NC(=O)C12C[C@H]3C[C@H](C1)CC(n1cncn1)(C3)C2. The third-order valence-electron chi connectivity index (χ3n) is 6.86. The summed E-state index contributed by atoms with van der Waals surface area (Å²) < 4.78 is 2.04. The van der Waals surface area contributed by atoms with E-state index in [1.807, 2.05) is 36.1 Å². The van der Waals surface area contributed by atoms with Gasteiger partial charge in [-0.1, -0.05) is 17.7 Å². The highest BCUT2D eigenvalue weighted by molar-refractivity contribution is 6.31. The van der Waals surface area contributed by atoms with Crippen LogP contribution in [0.4, 0.5) is 5.69 Å². The van der Waals surface area contributed by atoms with Gasteiger partial charge in [0.05, 0.1) is 11.0 Å². The number of nitrogens with zero attached hydrogens (tertiary/aromatic N) is 3. The Labute approximate surface area is 158 Å². The summed E-state index contributed by atoms with van der Waals surface area (Å²) >= 11 is 6.14. The monoisotopic (exact) mass is 370 g/mol. The Morgan fingerprint density at radius 1 is 1.27 bits per heavy atom. The molecule has 1 heterocycles. The number of hydrogen-bond donors (Lipinski definition) is 1. The fourth-order valence-corrected chi connectivity index (χ4v) is 6.36. The average molecular weight is 371 g/mol. The van der Waals surface area contributed by atoms with E-state index in [1.165, 1.54) is 6.42 Å². The Bertz CT molecular complexity index is 849. The zero-order valence-electron chi connectivity index (χ0n) is 14.9. The van der Waals surface area contributed by atoms with Gasteiger partial charge in [-0.15, -0.1) is 0 Å². The molecule has 2 aromatic rings. The van der Waals surface area contributed by atoms with Crippen LogP contribution in [0.3, 0.4) is 0 Å². The average Bonchev–Trinajstić information content (AvgIpc) is 3.12. The molecule has 4 saturated carbocycles. The second-order valence-electron chi connectivity index (χ2n) is 8.72. The maximum absolute atomic E-state index is 13.4. The minimum Gasteiger partial charge on any atom is -0.325 e. The third-order valence-corrected chi connectivity index (χ3v) is 7.10. The van der Waals surface area contributed by atoms with Crippen molar-refractivity contribution in [1.29, 1.82) is 0 Å². The summed E-state index contributed by atoms with van der Waals surface area (Å²) in [6.07, 6.45) is 9.79. The van der Waals surface area contributed by atoms with Crippen molar-refractivity contribution in [1.82, 2.24) is 14.8 Å². The molecule has 0 radical (unpaired) electrons. The molecule has 4 aliphatic rings. The lowest BCUT2D eigenvalue weighted by molar-refractivity contribution is -0.150. The smallest absolute Gasteiger partial charge is 0.230 e. The van der Waals surface area contributed by atoms with Gasteiger partial charge in [0.25, 0.3) is 0 Å². The third kappa shape index (κ3) is 2.40. The van der Waals surface area contributed by atoms with Gasteiger partial charge < -0.3 is 5.32 Å². The van der Waals surface area contributed by atoms with Crippen LogP contribution < -0.4 is 5.32 Å². The molecule has 4 bridgehead atoms. The van der Waals surface area contributed by atoms with E-state index in [2.05, 4.69) is 15.4 Å². The number of halogens is 1. The fraction of sp³-hybridized carbons (Fsp3) is 0.550. The molecule has 1 aromatic heterocycles. The largest absolute Gasteiger partial charge is 0.325 e. The minimum atomic E-state index is -0.301. The summed E-state index contributed by atoms with van der Waals surface area (Å²) in [5, 5.41) is 8.31. The summed E-state index contributed by atoms with van der Waals surface area (Å²) in [6, 6.07) is 5.66. The molecule has 136 valence electrons. The highest BCUT2D eigenvalue weighted by Crippen LogP contribution is 2.64. The van der Waals surface area contributed by atoms with E-state index in [0.717, 1.165) is 43.4 Å². The zero-order chi connectivity index (χ0) is 17.9. The van der Waals surface area contributed by atoms with Gasteiger partial charge in [-0.3, -0.25) is 4.79 Å². The molecule has 5 nitrogen and oxygen atoms in total. The lowest BCUT2D eigenvalue weighted by Gasteiger charge is -2.60. The van der Waals surface area contributed by atoms with Crippen LogP contribution in [0, 0.1) is 24.2 Å². The second kappa shape index (κ2) is 5.56. The lowest BCUT2D eigenvalue weighted by atomic mass is 9.46. The molecule has 1 N–H and O–H groups in total. The molecule has 2 atom stereocenters. The van der Waals surface area contributed by atoms with Crippen LogP contribution in [0.15, 0.2) is 30.9 Å². The molecule has 0 spiro atoms. The summed E-state index contributed by atoms with van der Waals surface area (Å²) in [5.41, 5.74) is 1.53. The van der Waals surface area contributed by atoms with E-state index in [0.29, 0.717) is 16.9 Å². The molecule has 1 aromatic carbocycles. The van der Waals surface area contributed by atoms with Crippen molar-refractivity contribution in [3.05, 3.63) is 41.4 Å². The summed E-state index contributed by atoms with van der Waals surface area (Å²) in [5.74, 6) is 1.36. The van der Waals surface area contributed by atoms with Gasteiger partial charge in [-0.25, -0.2) is 9.67 Å². The molecular weight excluding hydrogens is 348 g/mol. The predicted molar refractivity (Wildman–Crippen MR) is 99.9 cm³/mol. The number of aromatic nitrogens is 3. The Kier molecular flexibility index (Phi) is 3.48. The Hall–Kier alpha value is -1.88. The van der Waals surface area contributed by atoms with Gasteiger partial charge in [-0.2, -0.15) is 5.10 Å². The van der Waals surface area contributed by atoms with Crippen molar-refractivity contribution in [3.8, 4) is 0 Å². The van der Waals surface area contributed by atoms with Crippen molar-refractivity contribution in [3.63, 3.8) is 0 Å². The number of anilines is 1. The van der Waals surface area contributed by atoms with E-state index in [1.54, 1.807) is 6.33 Å². The normalized spacial score (nSPS) is 34.8. The van der Waals surface area contributed by atoms with Crippen LogP contribution in [-0.4, -0.2) is 20.7 Å². The van der Waals surface area contributed by atoms with E-state index < -0.39 is 0 Å². The van der Waals surface area contributed by atoms with E-state index in [9.17, 15) is 4.79 Å². The highest BCUT2D eigenvalue weighted by atomic mass is 35.5. The van der Waals surface area contributed by atoms with Crippen LogP contribution in [0.25, 0.3) is 0 Å². The minimum absolute atomic E-state index is 0.0404. The predicted octanol–water partition coefficient (Wildman–Crippen LogP) is 4.17. The molecule has 26 heavy (non-hydrogen) atoms. The van der Waals surface area contributed by atoms with Crippen LogP contribution in [0.1, 0.15) is 44.1 Å². The summed E-state index contributed by atoms with van der Waals surface area (Å²) in [6.45, 7) is 2.00. The molecule has 0 unspecified atom stereocenters. The molecule has 6 rings (SSSR count). The topological polar surface area (TPSA) is 59.8 Å². The number of amides is 1. The van der Waals surface area contributed by atoms with E-state index >= 15 is 0 Å². The van der Waals surface area contributed by atoms with Gasteiger partial charge in [-0.05, 0) is 75.0 Å². The van der Waals surface area contributed by atoms with Crippen LogP contribution in [0.5, 0.6) is 0 Å². The van der Waals surface area contributed by atoms with E-state index in [-0.39, 0.29) is 16.9 Å². The number of aryl methyl sites for hydroxylation is 1. The summed E-state index contributed by atoms with van der Waals surface area (Å²) in [7, 11) is 0. The molecule has 0 saturated heterocycles. The maximum Gasteiger partial charge on any atom is 0.230 e. The molecular formula is C20H23ClN4O. The van der Waals surface area contributed by atoms with Crippen LogP contribution in [0.2, 0.25) is 5.02 Å². The van der Waals surface area contributed by atoms with Gasteiger partial charge in [0.2, 0.25) is 5.91 Å². The summed E-state index contributed by atoms with van der Waals surface area (Å²) in [4.78, 5) is 17.6. The second-order valence-corrected chi connectivity index (χ2v) is 9.16. The first-order valence-corrected chi connectivity index (χ1v) is 9.79. The molecule has 0 aliphatic heterocycles. The Morgan fingerprint density at radius 3 is 2.73 bits per heavy atom. The Morgan fingerprint density at radius 2 is 2.04 bits per heavy atom. The van der Waals surface area contributed by atoms with Crippen molar-refractivity contribution in [2.45, 2.75) is 51.0 Å². The first-order chi connectivity index (χ1) is 12.5. The zero-order valence-corrected chi connectivity index (χ0v) is 15.7. The van der Waals surface area contributed by atoms with Crippen molar-refractivity contribution < 1.29 is 4.79 Å². The van der Waals surface area contributed by atoms with Gasteiger partial charge in [0.1, 0.15) is 12.7 Å². The highest BCUT2D eigenvalue weighted by Gasteiger charge is 2.61. The van der Waals surface area contributed by atoms with E-state index in [4.69, 9.17) is 11.6 Å². The van der Waals surface area contributed by atoms with Crippen molar-refractivity contribution in [2.24, 2.45) is 17.3 Å². The standard InChI is InChI=1S/C20H23ClN4O/c1-13-2-3-16(21)5-17(13)24-18(26)19-6-14-4-15(7-19)9-20(8-14,10-19)25-12-22-11-23-25/h2-3,5,11-12,14-15H,4,6-10H2,1H3,(H,24,26)/t14-,15-,19?,20?/m1/s1. The molecule has 1 amide bonds. The number of nitrogens with one attached hydrogen (secondary N) is 1. The first-order valence-electron chi connectivity index (χ1n) is 9.41. The maximum atomic E-state index is 13.4. The van der Waals surface area contributed by atoms with Gasteiger partial charge in [0, 0.05) is 10.7 Å². The van der Waals surface area contributed by atoms with Crippen LogP contribution >= 0.6 is 11.6 Å². The molecule has 4 aliphatic carbocycles. The fourth-order valence-electron chi connectivity index (χ4n) is 6.18. The number of rotatable bonds is 3. The number of hydrogen-bond acceptors (Lipinski definition) is 3. The quantitative estimate of drug-likeness (QED) is 0.881. The number of benzene rings is 1. The molecule has 6 heteroatoms. The number of carbonyl (C=O) groups excluding carboxylic acids is 1. The first kappa shape index (κ1) is 16.3. The number of carbonyl (C=O) groups is 1. The van der Waals surface area contributed by atoms with Crippen LogP contribution in [-0.2, 0) is 10.3 Å². The Balaban J connectivity index is 1.48. The van der Waals surface area contributed by atoms with Crippen molar-refractivity contribution in [2.75, 3.05) is 5.32 Å². The molecule has 4 fully saturated rings. The van der Waals surface area contributed by atoms with Gasteiger partial charge >= 0.3 is 0 Å².